The van der Waals surface area contributed by atoms with Crippen LogP contribution in [-0.2, 0) is 6.42 Å². The predicted octanol–water partition coefficient (Wildman–Crippen LogP) is 5.11. The highest BCUT2D eigenvalue weighted by atomic mass is 19.1. The number of pyridine rings is 1. The highest BCUT2D eigenvalue weighted by Gasteiger charge is 2.48. The standard InChI is InChI=1S/C27H24FN5O3/c28-18-5-7-19(8-6-18)36-23-10-9-21-25(31-23)29-16-22(30-21)33-13-11-27(12-14-33)15-17-3-1-2-4-20(17)24(27)32-26(34)35/h1-10,16,24,32H,11-15H2,(H,34,35)/t24-/m1/s1. The van der Waals surface area contributed by atoms with Crippen molar-refractivity contribution < 1.29 is 19.0 Å². The van der Waals surface area contributed by atoms with Crippen LogP contribution in [0, 0.1) is 11.2 Å². The second-order valence-electron chi connectivity index (χ2n) is 9.38. The Hall–Kier alpha value is -4.27. The molecule has 0 unspecified atom stereocenters. The number of piperidine rings is 1. The minimum absolute atomic E-state index is 0.142. The fourth-order valence-electron chi connectivity index (χ4n) is 5.50. The minimum Gasteiger partial charge on any atom is -0.465 e. The van der Waals surface area contributed by atoms with Crippen molar-refractivity contribution in [3.05, 3.63) is 83.8 Å². The van der Waals surface area contributed by atoms with Crippen molar-refractivity contribution in [3.63, 3.8) is 0 Å². The Bertz CT molecular complexity index is 1440. The fraction of sp³-hybridized carbons (Fsp3) is 0.259. The molecule has 2 aliphatic rings. The van der Waals surface area contributed by atoms with E-state index in [4.69, 9.17) is 9.72 Å². The molecule has 1 saturated heterocycles. The van der Waals surface area contributed by atoms with E-state index in [0.29, 0.717) is 22.8 Å². The van der Waals surface area contributed by atoms with Gasteiger partial charge in [-0.25, -0.2) is 19.2 Å². The molecule has 3 heterocycles. The van der Waals surface area contributed by atoms with Crippen molar-refractivity contribution in [1.82, 2.24) is 20.3 Å². The van der Waals surface area contributed by atoms with Crippen molar-refractivity contribution in [2.45, 2.75) is 25.3 Å². The molecule has 2 N–H and O–H groups in total. The van der Waals surface area contributed by atoms with Crippen LogP contribution < -0.4 is 15.0 Å². The maximum absolute atomic E-state index is 13.1. The molecule has 6 rings (SSSR count). The molecule has 2 aromatic carbocycles. The third kappa shape index (κ3) is 4.06. The lowest BCUT2D eigenvalue weighted by Crippen LogP contribution is -2.47. The molecule has 0 bridgehead atoms. The number of carboxylic acid groups (broad SMARTS) is 1. The van der Waals surface area contributed by atoms with Crippen molar-refractivity contribution >= 4 is 23.1 Å². The van der Waals surface area contributed by atoms with E-state index in [9.17, 15) is 14.3 Å². The van der Waals surface area contributed by atoms with E-state index in [1.807, 2.05) is 24.3 Å². The Kier molecular flexibility index (Phi) is 5.40. The summed E-state index contributed by atoms with van der Waals surface area (Å²) in [6.45, 7) is 1.51. The normalized spacial score (nSPS) is 18.2. The zero-order valence-electron chi connectivity index (χ0n) is 19.4. The van der Waals surface area contributed by atoms with Crippen molar-refractivity contribution in [2.75, 3.05) is 18.0 Å². The SMILES string of the molecule is O=C(O)N[C@@H]1c2ccccc2CC12CCN(c1cnc3nc(Oc4ccc(F)cc4)ccc3n1)CC2. The number of fused-ring (bicyclic) bond motifs is 2. The summed E-state index contributed by atoms with van der Waals surface area (Å²) < 4.78 is 18.8. The maximum atomic E-state index is 13.1. The number of anilines is 1. The zero-order chi connectivity index (χ0) is 24.7. The smallest absolute Gasteiger partial charge is 0.405 e. The molecule has 1 aliphatic heterocycles. The largest absolute Gasteiger partial charge is 0.465 e. The summed E-state index contributed by atoms with van der Waals surface area (Å²) in [5.41, 5.74) is 3.28. The number of nitrogens with one attached hydrogen (secondary N) is 1. The number of halogens is 1. The van der Waals surface area contributed by atoms with E-state index in [1.165, 1.54) is 17.7 Å². The summed E-state index contributed by atoms with van der Waals surface area (Å²) in [5, 5.41) is 12.3. The lowest BCUT2D eigenvalue weighted by molar-refractivity contribution is 0.141. The van der Waals surface area contributed by atoms with E-state index in [1.54, 1.807) is 24.4 Å². The quantitative estimate of drug-likeness (QED) is 0.414. The summed E-state index contributed by atoms with van der Waals surface area (Å²) in [4.78, 5) is 27.5. The Morgan fingerprint density at radius 3 is 2.61 bits per heavy atom. The predicted molar refractivity (Wildman–Crippen MR) is 132 cm³/mol. The monoisotopic (exact) mass is 485 g/mol. The molecule has 182 valence electrons. The van der Waals surface area contributed by atoms with Crippen LogP contribution in [0.2, 0.25) is 0 Å². The number of amides is 1. The number of aromatic nitrogens is 3. The molecule has 2 aromatic heterocycles. The lowest BCUT2D eigenvalue weighted by atomic mass is 9.72. The number of carbonyl (C=O) groups is 1. The highest BCUT2D eigenvalue weighted by molar-refractivity contribution is 5.72. The highest BCUT2D eigenvalue weighted by Crippen LogP contribution is 2.52. The first kappa shape index (κ1) is 22.2. The maximum Gasteiger partial charge on any atom is 0.405 e. The van der Waals surface area contributed by atoms with Gasteiger partial charge in [-0.2, -0.15) is 4.98 Å². The van der Waals surface area contributed by atoms with Gasteiger partial charge < -0.3 is 20.1 Å². The number of benzene rings is 2. The van der Waals surface area contributed by atoms with Crippen LogP contribution in [0.15, 0.2) is 66.9 Å². The summed E-state index contributed by atoms with van der Waals surface area (Å²) >= 11 is 0. The zero-order valence-corrected chi connectivity index (χ0v) is 19.4. The van der Waals surface area contributed by atoms with Gasteiger partial charge >= 0.3 is 6.09 Å². The molecule has 1 aliphatic carbocycles. The first-order chi connectivity index (χ1) is 17.5. The van der Waals surface area contributed by atoms with E-state index in [-0.39, 0.29) is 17.3 Å². The number of rotatable bonds is 4. The van der Waals surface area contributed by atoms with Crippen molar-refractivity contribution in [3.8, 4) is 11.6 Å². The molecule has 1 spiro atoms. The van der Waals surface area contributed by atoms with E-state index >= 15 is 0 Å². The van der Waals surface area contributed by atoms with Crippen molar-refractivity contribution in [1.29, 1.82) is 0 Å². The fourth-order valence-corrected chi connectivity index (χ4v) is 5.50. The van der Waals surface area contributed by atoms with Gasteiger partial charge in [0.1, 0.15) is 22.9 Å². The van der Waals surface area contributed by atoms with Gasteiger partial charge in [0, 0.05) is 24.6 Å². The van der Waals surface area contributed by atoms with Gasteiger partial charge in [-0.15, -0.1) is 0 Å². The summed E-state index contributed by atoms with van der Waals surface area (Å²) in [6.07, 6.45) is 3.27. The Labute approximate surface area is 206 Å². The van der Waals surface area contributed by atoms with Crippen LogP contribution in [0.4, 0.5) is 15.0 Å². The van der Waals surface area contributed by atoms with Gasteiger partial charge in [0.25, 0.3) is 0 Å². The van der Waals surface area contributed by atoms with Crippen LogP contribution in [0.5, 0.6) is 11.6 Å². The Morgan fingerprint density at radius 2 is 1.83 bits per heavy atom. The molecule has 4 aromatic rings. The van der Waals surface area contributed by atoms with Gasteiger partial charge in [0.15, 0.2) is 5.65 Å². The Balaban J connectivity index is 1.18. The molecule has 9 heteroatoms. The number of ether oxygens (including phenoxy) is 1. The van der Waals surface area contributed by atoms with Crippen LogP contribution in [0.3, 0.4) is 0 Å². The van der Waals surface area contributed by atoms with E-state index in [2.05, 4.69) is 26.3 Å². The summed E-state index contributed by atoms with van der Waals surface area (Å²) in [5.74, 6) is 1.28. The van der Waals surface area contributed by atoms with Crippen LogP contribution >= 0.6 is 0 Å². The molecule has 36 heavy (non-hydrogen) atoms. The summed E-state index contributed by atoms with van der Waals surface area (Å²) in [7, 11) is 0. The van der Waals surface area contributed by atoms with Gasteiger partial charge in [-0.3, -0.25) is 0 Å². The van der Waals surface area contributed by atoms with E-state index in [0.717, 1.165) is 43.7 Å². The van der Waals surface area contributed by atoms with Gasteiger partial charge in [-0.1, -0.05) is 24.3 Å². The first-order valence-corrected chi connectivity index (χ1v) is 11.9. The molecular formula is C27H24FN5O3. The van der Waals surface area contributed by atoms with Gasteiger partial charge in [-0.05, 0) is 60.7 Å². The second-order valence-corrected chi connectivity index (χ2v) is 9.38. The average Bonchev–Trinajstić information content (AvgIpc) is 3.17. The lowest BCUT2D eigenvalue weighted by Gasteiger charge is -2.43. The number of hydrogen-bond acceptors (Lipinski definition) is 6. The molecule has 8 nitrogen and oxygen atoms in total. The van der Waals surface area contributed by atoms with Crippen LogP contribution in [0.1, 0.15) is 30.0 Å². The molecule has 0 radical (unpaired) electrons. The van der Waals surface area contributed by atoms with Crippen molar-refractivity contribution in [2.24, 2.45) is 5.41 Å². The molecule has 1 amide bonds. The molecule has 1 fully saturated rings. The first-order valence-electron chi connectivity index (χ1n) is 11.9. The van der Waals surface area contributed by atoms with Gasteiger partial charge in [0.2, 0.25) is 5.88 Å². The molecular weight excluding hydrogens is 461 g/mol. The third-order valence-electron chi connectivity index (χ3n) is 7.27. The van der Waals surface area contributed by atoms with Crippen LogP contribution in [-0.4, -0.2) is 39.2 Å². The van der Waals surface area contributed by atoms with E-state index < -0.39 is 6.09 Å². The topological polar surface area (TPSA) is 100 Å². The second kappa shape index (κ2) is 8.75. The Morgan fingerprint density at radius 1 is 1.06 bits per heavy atom. The third-order valence-corrected chi connectivity index (χ3v) is 7.27. The minimum atomic E-state index is -0.991. The average molecular weight is 486 g/mol. The van der Waals surface area contributed by atoms with Crippen LogP contribution in [0.25, 0.3) is 11.2 Å². The molecule has 1 atom stereocenters. The van der Waals surface area contributed by atoms with Gasteiger partial charge in [0.05, 0.1) is 12.2 Å². The number of hydrogen-bond donors (Lipinski definition) is 2. The molecule has 0 saturated carbocycles. The number of nitrogens with zero attached hydrogens (tertiary/aromatic N) is 4. The summed E-state index contributed by atoms with van der Waals surface area (Å²) in [6, 6.07) is 17.2.